The van der Waals surface area contributed by atoms with Crippen molar-refractivity contribution in [3.63, 3.8) is 0 Å². The Bertz CT molecular complexity index is 478. The normalized spacial score (nSPS) is 28.8. The third kappa shape index (κ3) is 3.61. The smallest absolute Gasteiger partial charge is 0.120 e. The van der Waals surface area contributed by atoms with E-state index in [9.17, 15) is 0 Å². The fourth-order valence-corrected chi connectivity index (χ4v) is 3.95. The molecule has 0 amide bonds. The second-order valence-corrected chi connectivity index (χ2v) is 7.24. The first kappa shape index (κ1) is 15.3. The van der Waals surface area contributed by atoms with Crippen molar-refractivity contribution >= 4 is 15.9 Å². The Balaban J connectivity index is 1.60. The summed E-state index contributed by atoms with van der Waals surface area (Å²) in [4.78, 5) is 0. The number of hydrogen-bond donors (Lipinski definition) is 1. The Labute approximate surface area is 135 Å². The minimum atomic E-state index is 0.252. The Morgan fingerprint density at radius 3 is 3.00 bits per heavy atom. The molecule has 1 aliphatic heterocycles. The van der Waals surface area contributed by atoms with Crippen molar-refractivity contribution in [1.82, 2.24) is 5.32 Å². The highest BCUT2D eigenvalue weighted by Crippen LogP contribution is 2.49. The predicted molar refractivity (Wildman–Crippen MR) is 87.7 cm³/mol. The molecule has 1 aromatic rings. The number of halogens is 1. The van der Waals surface area contributed by atoms with Gasteiger partial charge < -0.3 is 14.8 Å². The van der Waals surface area contributed by atoms with E-state index in [-0.39, 0.29) is 5.41 Å². The molecule has 4 heteroatoms. The van der Waals surface area contributed by atoms with Gasteiger partial charge in [-0.1, -0.05) is 22.0 Å². The lowest BCUT2D eigenvalue weighted by molar-refractivity contribution is 0.0211. The lowest BCUT2D eigenvalue weighted by Gasteiger charge is -2.34. The van der Waals surface area contributed by atoms with Gasteiger partial charge in [0.15, 0.2) is 0 Å². The minimum Gasteiger partial charge on any atom is -0.494 e. The molecule has 2 fully saturated rings. The Morgan fingerprint density at radius 2 is 2.29 bits per heavy atom. The summed E-state index contributed by atoms with van der Waals surface area (Å²) in [5, 5.41) is 3.38. The molecule has 116 valence electrons. The van der Waals surface area contributed by atoms with Gasteiger partial charge in [0.25, 0.3) is 0 Å². The molecule has 3 rings (SSSR count). The maximum absolute atomic E-state index is 6.06. The largest absolute Gasteiger partial charge is 0.494 e. The van der Waals surface area contributed by atoms with Crippen LogP contribution in [-0.4, -0.2) is 32.9 Å². The van der Waals surface area contributed by atoms with Crippen molar-refractivity contribution < 1.29 is 9.47 Å². The van der Waals surface area contributed by atoms with Gasteiger partial charge in [0, 0.05) is 23.0 Å². The SMILES string of the molecule is CNCC1(CCOc2cccc(Br)c2)CCOC1C1CC1. The Hall–Kier alpha value is -0.580. The van der Waals surface area contributed by atoms with E-state index in [1.54, 1.807) is 0 Å². The fraction of sp³-hybridized carbons (Fsp3) is 0.647. The van der Waals surface area contributed by atoms with Gasteiger partial charge in [-0.2, -0.15) is 0 Å². The first-order valence-corrected chi connectivity index (χ1v) is 8.67. The third-order valence-corrected chi connectivity index (χ3v) is 5.24. The Kier molecular flexibility index (Phi) is 4.87. The Morgan fingerprint density at radius 1 is 1.43 bits per heavy atom. The van der Waals surface area contributed by atoms with Gasteiger partial charge in [0.05, 0.1) is 12.7 Å². The average Bonchev–Trinajstić information content (AvgIpc) is 3.22. The standard InChI is InChI=1S/C17H24BrNO2/c1-19-12-17(8-10-21-16(17)13-5-6-13)7-9-20-15-4-2-3-14(18)11-15/h2-4,11,13,16,19H,5-10,12H2,1H3. The zero-order valence-corrected chi connectivity index (χ0v) is 14.2. The summed E-state index contributed by atoms with van der Waals surface area (Å²) in [6.45, 7) is 2.68. The molecule has 0 spiro atoms. The second-order valence-electron chi connectivity index (χ2n) is 6.33. The van der Waals surface area contributed by atoms with Crippen LogP contribution in [0.15, 0.2) is 28.7 Å². The number of hydrogen-bond acceptors (Lipinski definition) is 3. The molecule has 1 saturated heterocycles. The molecule has 1 aliphatic carbocycles. The van der Waals surface area contributed by atoms with Crippen molar-refractivity contribution in [2.75, 3.05) is 26.8 Å². The summed E-state index contributed by atoms with van der Waals surface area (Å²) in [5.41, 5.74) is 0.252. The monoisotopic (exact) mass is 353 g/mol. The molecule has 1 saturated carbocycles. The van der Waals surface area contributed by atoms with Gasteiger partial charge in [-0.25, -0.2) is 0 Å². The highest BCUT2D eigenvalue weighted by Gasteiger charge is 2.50. The molecular weight excluding hydrogens is 330 g/mol. The van der Waals surface area contributed by atoms with Crippen molar-refractivity contribution in [3.05, 3.63) is 28.7 Å². The van der Waals surface area contributed by atoms with Crippen LogP contribution >= 0.6 is 15.9 Å². The predicted octanol–water partition coefficient (Wildman–Crippen LogP) is 3.62. The molecule has 21 heavy (non-hydrogen) atoms. The number of rotatable bonds is 7. The summed E-state index contributed by atoms with van der Waals surface area (Å²) in [5.74, 6) is 1.72. The van der Waals surface area contributed by atoms with E-state index in [4.69, 9.17) is 9.47 Å². The van der Waals surface area contributed by atoms with E-state index in [2.05, 4.69) is 21.2 Å². The molecule has 0 radical (unpaired) electrons. The summed E-state index contributed by atoms with van der Waals surface area (Å²) >= 11 is 3.48. The minimum absolute atomic E-state index is 0.252. The molecule has 2 unspecified atom stereocenters. The molecule has 0 aromatic heterocycles. The summed E-state index contributed by atoms with van der Waals surface area (Å²) in [6.07, 6.45) is 5.31. The van der Waals surface area contributed by atoms with E-state index in [1.807, 2.05) is 31.3 Å². The van der Waals surface area contributed by atoms with Gasteiger partial charge in [-0.3, -0.25) is 0 Å². The van der Waals surface area contributed by atoms with Crippen LogP contribution in [0.5, 0.6) is 5.75 Å². The van der Waals surface area contributed by atoms with Crippen molar-refractivity contribution in [2.24, 2.45) is 11.3 Å². The van der Waals surface area contributed by atoms with E-state index in [0.717, 1.165) is 48.7 Å². The zero-order chi connectivity index (χ0) is 14.7. The van der Waals surface area contributed by atoms with Crippen LogP contribution in [0.2, 0.25) is 0 Å². The van der Waals surface area contributed by atoms with Gasteiger partial charge in [-0.05, 0) is 56.8 Å². The fourth-order valence-electron chi connectivity index (χ4n) is 3.57. The van der Waals surface area contributed by atoms with Gasteiger partial charge >= 0.3 is 0 Å². The van der Waals surface area contributed by atoms with E-state index in [0.29, 0.717) is 6.10 Å². The van der Waals surface area contributed by atoms with Crippen molar-refractivity contribution in [1.29, 1.82) is 0 Å². The molecule has 0 bridgehead atoms. The van der Waals surface area contributed by atoms with E-state index < -0.39 is 0 Å². The molecule has 2 atom stereocenters. The van der Waals surface area contributed by atoms with Gasteiger partial charge in [-0.15, -0.1) is 0 Å². The van der Waals surface area contributed by atoms with Crippen LogP contribution in [-0.2, 0) is 4.74 Å². The first-order chi connectivity index (χ1) is 10.2. The maximum Gasteiger partial charge on any atom is 0.120 e. The summed E-state index contributed by atoms with van der Waals surface area (Å²) in [7, 11) is 2.04. The molecule has 1 aromatic carbocycles. The quantitative estimate of drug-likeness (QED) is 0.811. The van der Waals surface area contributed by atoms with E-state index in [1.165, 1.54) is 12.8 Å². The van der Waals surface area contributed by atoms with Crippen LogP contribution in [0.1, 0.15) is 25.7 Å². The molecule has 3 nitrogen and oxygen atoms in total. The molecule has 1 N–H and O–H groups in total. The number of benzene rings is 1. The van der Waals surface area contributed by atoms with Crippen LogP contribution in [0.3, 0.4) is 0 Å². The van der Waals surface area contributed by atoms with Crippen LogP contribution in [0, 0.1) is 11.3 Å². The lowest BCUT2D eigenvalue weighted by Crippen LogP contribution is -2.42. The lowest BCUT2D eigenvalue weighted by atomic mass is 9.76. The first-order valence-electron chi connectivity index (χ1n) is 7.88. The zero-order valence-electron chi connectivity index (χ0n) is 12.6. The van der Waals surface area contributed by atoms with E-state index >= 15 is 0 Å². The van der Waals surface area contributed by atoms with Crippen LogP contribution in [0.4, 0.5) is 0 Å². The third-order valence-electron chi connectivity index (χ3n) is 4.74. The topological polar surface area (TPSA) is 30.5 Å². The molecule has 2 aliphatic rings. The van der Waals surface area contributed by atoms with Crippen molar-refractivity contribution in [2.45, 2.75) is 31.8 Å². The average molecular weight is 354 g/mol. The number of ether oxygens (including phenoxy) is 2. The van der Waals surface area contributed by atoms with Gasteiger partial charge in [0.1, 0.15) is 5.75 Å². The van der Waals surface area contributed by atoms with Gasteiger partial charge in [0.2, 0.25) is 0 Å². The van der Waals surface area contributed by atoms with Crippen LogP contribution < -0.4 is 10.1 Å². The highest BCUT2D eigenvalue weighted by molar-refractivity contribution is 9.10. The van der Waals surface area contributed by atoms with Crippen LogP contribution in [0.25, 0.3) is 0 Å². The second kappa shape index (κ2) is 6.67. The molecular formula is C17H24BrNO2. The highest BCUT2D eigenvalue weighted by atomic mass is 79.9. The summed E-state index contributed by atoms with van der Waals surface area (Å²) < 4.78 is 13.1. The van der Waals surface area contributed by atoms with Crippen molar-refractivity contribution in [3.8, 4) is 5.75 Å². The maximum atomic E-state index is 6.06. The number of nitrogens with one attached hydrogen (secondary N) is 1. The summed E-state index contributed by atoms with van der Waals surface area (Å²) in [6, 6.07) is 8.06. The molecule has 1 heterocycles.